The zero-order chi connectivity index (χ0) is 22.1. The number of hydrogen-bond donors (Lipinski definition) is 3. The first-order valence-electron chi connectivity index (χ1n) is 10.6. The number of benzene rings is 2. The highest BCUT2D eigenvalue weighted by Crippen LogP contribution is 2.34. The highest BCUT2D eigenvalue weighted by Gasteiger charge is 2.13. The van der Waals surface area contributed by atoms with Gasteiger partial charge in [0.2, 0.25) is 0 Å². The molecule has 0 bridgehead atoms. The van der Waals surface area contributed by atoms with E-state index in [2.05, 4.69) is 46.9 Å². The molecule has 0 spiro atoms. The number of rotatable bonds is 10. The van der Waals surface area contributed by atoms with Gasteiger partial charge in [0.15, 0.2) is 5.96 Å². The van der Waals surface area contributed by atoms with Gasteiger partial charge in [-0.05, 0) is 31.4 Å². The van der Waals surface area contributed by atoms with Gasteiger partial charge in [0, 0.05) is 54.4 Å². The van der Waals surface area contributed by atoms with E-state index in [9.17, 15) is 0 Å². The van der Waals surface area contributed by atoms with Gasteiger partial charge in [-0.1, -0.05) is 18.2 Å². The highest BCUT2D eigenvalue weighted by atomic mass is 16.5. The smallest absolute Gasteiger partial charge is 0.191 e. The lowest BCUT2D eigenvalue weighted by atomic mass is 10.1. The third kappa shape index (κ3) is 5.63. The molecular formula is C24H32N4O3. The van der Waals surface area contributed by atoms with E-state index in [0.717, 1.165) is 42.5 Å². The molecule has 0 aliphatic carbocycles. The molecule has 0 aliphatic heterocycles. The van der Waals surface area contributed by atoms with Crippen LogP contribution >= 0.6 is 0 Å². The van der Waals surface area contributed by atoms with Crippen LogP contribution < -0.4 is 24.8 Å². The fraction of sp³-hybridized carbons (Fsp3) is 0.375. The van der Waals surface area contributed by atoms with Crippen molar-refractivity contribution < 1.29 is 14.2 Å². The van der Waals surface area contributed by atoms with Crippen molar-refractivity contribution in [2.24, 2.45) is 4.99 Å². The van der Waals surface area contributed by atoms with E-state index in [-0.39, 0.29) is 0 Å². The number of nitrogens with zero attached hydrogens (tertiary/aromatic N) is 1. The number of nitrogens with one attached hydrogen (secondary N) is 3. The van der Waals surface area contributed by atoms with Gasteiger partial charge < -0.3 is 29.8 Å². The van der Waals surface area contributed by atoms with Crippen LogP contribution in [0.25, 0.3) is 10.9 Å². The Labute approximate surface area is 183 Å². The van der Waals surface area contributed by atoms with Gasteiger partial charge in [0.05, 0.1) is 21.3 Å². The first-order chi connectivity index (χ1) is 15.2. The van der Waals surface area contributed by atoms with Gasteiger partial charge in [0.1, 0.15) is 17.2 Å². The van der Waals surface area contributed by atoms with Crippen LogP contribution in [0.1, 0.15) is 18.1 Å². The van der Waals surface area contributed by atoms with Gasteiger partial charge in [-0.3, -0.25) is 4.99 Å². The Balaban J connectivity index is 1.62. The lowest BCUT2D eigenvalue weighted by Crippen LogP contribution is -2.38. The molecule has 0 saturated carbocycles. The summed E-state index contributed by atoms with van der Waals surface area (Å²) in [5.74, 6) is 2.98. The first kappa shape index (κ1) is 22.3. The summed E-state index contributed by atoms with van der Waals surface area (Å²) in [5, 5.41) is 8.01. The maximum atomic E-state index is 5.53. The van der Waals surface area contributed by atoms with E-state index in [1.165, 1.54) is 16.5 Å². The third-order valence-corrected chi connectivity index (χ3v) is 5.15. The van der Waals surface area contributed by atoms with Crippen LogP contribution in [0.4, 0.5) is 0 Å². The Morgan fingerprint density at radius 1 is 0.968 bits per heavy atom. The molecule has 0 unspecified atom stereocenters. The van der Waals surface area contributed by atoms with Crippen LogP contribution in [0.15, 0.2) is 47.6 Å². The van der Waals surface area contributed by atoms with Crippen LogP contribution in [0.5, 0.6) is 17.2 Å². The normalized spacial score (nSPS) is 11.4. The average molecular weight is 425 g/mol. The van der Waals surface area contributed by atoms with Crippen molar-refractivity contribution in [3.63, 3.8) is 0 Å². The zero-order valence-electron chi connectivity index (χ0n) is 18.7. The Morgan fingerprint density at radius 3 is 2.39 bits per heavy atom. The topological polar surface area (TPSA) is 79.9 Å². The molecule has 3 aromatic rings. The van der Waals surface area contributed by atoms with Crippen molar-refractivity contribution in [2.45, 2.75) is 19.8 Å². The molecule has 1 heterocycles. The lowest BCUT2D eigenvalue weighted by molar-refractivity contribution is 0.369. The van der Waals surface area contributed by atoms with Crippen molar-refractivity contribution in [3.05, 3.63) is 53.7 Å². The molecule has 0 amide bonds. The summed E-state index contributed by atoms with van der Waals surface area (Å²) < 4.78 is 16.4. The van der Waals surface area contributed by atoms with Gasteiger partial charge in [-0.25, -0.2) is 0 Å². The van der Waals surface area contributed by atoms with Crippen LogP contribution in [-0.4, -0.2) is 51.9 Å². The van der Waals surface area contributed by atoms with Gasteiger partial charge in [-0.2, -0.15) is 0 Å². The van der Waals surface area contributed by atoms with Crippen LogP contribution in [0.3, 0.4) is 0 Å². The Hall–Kier alpha value is -3.35. The van der Waals surface area contributed by atoms with E-state index in [4.69, 9.17) is 19.2 Å². The molecule has 31 heavy (non-hydrogen) atoms. The molecule has 0 radical (unpaired) electrons. The molecule has 0 saturated heterocycles. The molecule has 3 rings (SSSR count). The number of aliphatic imine (C=N–C) groups is 1. The standard InChI is InChI=1S/C24H32N4O3/c1-5-25-24(26-12-10-17-16-28-21-9-7-6-8-19(17)21)27-13-11-20-22(30-3)14-18(29-2)15-23(20)31-4/h6-9,14-16,28H,5,10-13H2,1-4H3,(H2,25,26,27). The molecule has 2 aromatic carbocycles. The van der Waals surface area contributed by atoms with E-state index in [1.54, 1.807) is 21.3 Å². The summed E-state index contributed by atoms with van der Waals surface area (Å²) in [7, 11) is 4.93. The molecule has 1 aromatic heterocycles. The van der Waals surface area contributed by atoms with Crippen molar-refractivity contribution in [1.29, 1.82) is 0 Å². The first-order valence-corrected chi connectivity index (χ1v) is 10.6. The van der Waals surface area contributed by atoms with Crippen molar-refractivity contribution in [1.82, 2.24) is 15.6 Å². The molecular weight excluding hydrogens is 392 g/mol. The van der Waals surface area contributed by atoms with Crippen LogP contribution in [0, 0.1) is 0 Å². The fourth-order valence-electron chi connectivity index (χ4n) is 3.60. The van der Waals surface area contributed by atoms with Gasteiger partial charge in [0.25, 0.3) is 0 Å². The van der Waals surface area contributed by atoms with Crippen LogP contribution in [-0.2, 0) is 12.8 Å². The molecule has 3 N–H and O–H groups in total. The SMILES string of the molecule is CCNC(=NCCc1c(OC)cc(OC)cc1OC)NCCc1c[nH]c2ccccc12. The quantitative estimate of drug-likeness (QED) is 0.343. The summed E-state index contributed by atoms with van der Waals surface area (Å²) in [5.41, 5.74) is 3.44. The van der Waals surface area contributed by atoms with Gasteiger partial charge >= 0.3 is 0 Å². The summed E-state index contributed by atoms with van der Waals surface area (Å²) in [6.07, 6.45) is 3.68. The second kappa shape index (κ2) is 11.2. The number of guanidine groups is 1. The fourth-order valence-corrected chi connectivity index (χ4v) is 3.60. The lowest BCUT2D eigenvalue weighted by Gasteiger charge is -2.15. The number of aromatic amines is 1. The summed E-state index contributed by atoms with van der Waals surface area (Å²) in [4.78, 5) is 8.05. The summed E-state index contributed by atoms with van der Waals surface area (Å²) in [6.45, 7) is 4.25. The molecule has 0 fully saturated rings. The minimum atomic E-state index is 0.599. The Morgan fingerprint density at radius 2 is 1.71 bits per heavy atom. The third-order valence-electron chi connectivity index (χ3n) is 5.15. The minimum Gasteiger partial charge on any atom is -0.496 e. The highest BCUT2D eigenvalue weighted by molar-refractivity contribution is 5.83. The van der Waals surface area contributed by atoms with Crippen LogP contribution in [0.2, 0.25) is 0 Å². The number of para-hydroxylation sites is 1. The number of hydrogen-bond acceptors (Lipinski definition) is 4. The van der Waals surface area contributed by atoms with Crippen molar-refractivity contribution in [2.75, 3.05) is 41.0 Å². The van der Waals surface area contributed by atoms with Crippen molar-refractivity contribution >= 4 is 16.9 Å². The van der Waals surface area contributed by atoms with Crippen molar-refractivity contribution in [3.8, 4) is 17.2 Å². The zero-order valence-corrected chi connectivity index (χ0v) is 18.7. The van der Waals surface area contributed by atoms with E-state index >= 15 is 0 Å². The maximum absolute atomic E-state index is 5.53. The summed E-state index contributed by atoms with van der Waals surface area (Å²) in [6, 6.07) is 12.1. The number of ether oxygens (including phenoxy) is 3. The predicted molar refractivity (Wildman–Crippen MR) is 126 cm³/mol. The maximum Gasteiger partial charge on any atom is 0.191 e. The molecule has 7 nitrogen and oxygen atoms in total. The van der Waals surface area contributed by atoms with Gasteiger partial charge in [-0.15, -0.1) is 0 Å². The summed E-state index contributed by atoms with van der Waals surface area (Å²) >= 11 is 0. The van der Waals surface area contributed by atoms with E-state index in [1.807, 2.05) is 18.2 Å². The number of H-pyrrole nitrogens is 1. The molecule has 7 heteroatoms. The number of methoxy groups -OCH3 is 3. The number of fused-ring (bicyclic) bond motifs is 1. The second-order valence-corrected chi connectivity index (χ2v) is 7.06. The van der Waals surface area contributed by atoms with E-state index < -0.39 is 0 Å². The monoisotopic (exact) mass is 424 g/mol. The van der Waals surface area contributed by atoms with E-state index in [0.29, 0.717) is 18.7 Å². The molecule has 166 valence electrons. The Bertz CT molecular complexity index is 988. The largest absolute Gasteiger partial charge is 0.496 e. The predicted octanol–water partition coefficient (Wildman–Crippen LogP) is 3.53. The minimum absolute atomic E-state index is 0.599. The Kier molecular flexibility index (Phi) is 8.04. The second-order valence-electron chi connectivity index (χ2n) is 7.06. The molecule has 0 aliphatic rings. The number of aromatic nitrogens is 1. The average Bonchev–Trinajstić information content (AvgIpc) is 3.22. The molecule has 0 atom stereocenters.